The number of nitrogens with one attached hydrogen (secondary N) is 1. The van der Waals surface area contributed by atoms with Crippen molar-refractivity contribution >= 4 is 39.8 Å². The molecule has 0 spiro atoms. The van der Waals surface area contributed by atoms with Crippen molar-refractivity contribution < 1.29 is 9.72 Å². The Morgan fingerprint density at radius 3 is 2.96 bits per heavy atom. The van der Waals surface area contributed by atoms with Crippen LogP contribution in [0.5, 0.6) is 0 Å². The van der Waals surface area contributed by atoms with Gasteiger partial charge in [0.15, 0.2) is 5.13 Å². The van der Waals surface area contributed by atoms with Gasteiger partial charge in [0, 0.05) is 23.1 Å². The molecule has 3 rings (SSSR count). The molecule has 12 heteroatoms. The van der Waals surface area contributed by atoms with Crippen LogP contribution in [0.25, 0.3) is 11.3 Å². The lowest BCUT2D eigenvalue weighted by molar-refractivity contribution is -0.384. The number of nitrogens with zero attached hydrogens (tertiary/aromatic N) is 5. The number of carbonyl (C=O) groups excluding carboxylic acids is 1. The van der Waals surface area contributed by atoms with Crippen LogP contribution < -0.4 is 11.2 Å². The third-order valence-electron chi connectivity index (χ3n) is 3.27. The van der Waals surface area contributed by atoms with Crippen LogP contribution in [0.4, 0.5) is 10.8 Å². The summed E-state index contributed by atoms with van der Waals surface area (Å²) in [6.45, 7) is 1.71. The van der Waals surface area contributed by atoms with Crippen LogP contribution in [0.15, 0.2) is 34.8 Å². The second-order valence-corrected chi connectivity index (χ2v) is 6.88. The van der Waals surface area contributed by atoms with Gasteiger partial charge in [0.1, 0.15) is 5.82 Å². The van der Waals surface area contributed by atoms with E-state index in [1.165, 1.54) is 28.1 Å². The monoisotopic (exact) mass is 391 g/mol. The van der Waals surface area contributed by atoms with E-state index in [1.807, 2.05) is 0 Å². The van der Waals surface area contributed by atoms with Crippen molar-refractivity contribution in [3.8, 4) is 11.3 Å². The Hall–Kier alpha value is -2.99. The van der Waals surface area contributed by atoms with Gasteiger partial charge in [-0.2, -0.15) is 0 Å². The van der Waals surface area contributed by atoms with Gasteiger partial charge in [0.2, 0.25) is 11.1 Å². The van der Waals surface area contributed by atoms with Gasteiger partial charge in [-0.05, 0) is 6.92 Å². The Morgan fingerprint density at radius 2 is 2.27 bits per heavy atom. The van der Waals surface area contributed by atoms with E-state index < -0.39 is 4.92 Å². The molecule has 0 aliphatic rings. The number of carbonyl (C=O) groups is 1. The first-order valence-electron chi connectivity index (χ1n) is 7.24. The summed E-state index contributed by atoms with van der Waals surface area (Å²) in [7, 11) is 0. The molecule has 0 atom stereocenters. The number of nitrogen functional groups attached to an aromatic ring is 1. The predicted molar refractivity (Wildman–Crippen MR) is 98.5 cm³/mol. The van der Waals surface area contributed by atoms with Crippen LogP contribution in [-0.2, 0) is 4.79 Å². The molecular formula is C14H13N7O3S2. The summed E-state index contributed by atoms with van der Waals surface area (Å²) in [6.07, 6.45) is 0. The summed E-state index contributed by atoms with van der Waals surface area (Å²) in [5, 5.41) is 23.8. The van der Waals surface area contributed by atoms with E-state index in [0.717, 1.165) is 11.8 Å². The summed E-state index contributed by atoms with van der Waals surface area (Å²) in [5.74, 6) is 6.10. The van der Waals surface area contributed by atoms with Gasteiger partial charge in [0.25, 0.3) is 5.69 Å². The van der Waals surface area contributed by atoms with E-state index in [1.54, 1.807) is 24.4 Å². The van der Waals surface area contributed by atoms with Crippen molar-refractivity contribution in [3.63, 3.8) is 0 Å². The fourth-order valence-corrected chi connectivity index (χ4v) is 3.41. The Labute approximate surface area is 155 Å². The highest BCUT2D eigenvalue weighted by Crippen LogP contribution is 2.27. The minimum atomic E-state index is -0.465. The minimum Gasteiger partial charge on any atom is -0.336 e. The number of hydrogen-bond acceptors (Lipinski definition) is 9. The molecule has 0 unspecified atom stereocenters. The number of thiazole rings is 1. The van der Waals surface area contributed by atoms with E-state index in [4.69, 9.17) is 5.84 Å². The summed E-state index contributed by atoms with van der Waals surface area (Å²) in [4.78, 5) is 26.7. The average Bonchev–Trinajstić information content (AvgIpc) is 3.21. The molecule has 1 amide bonds. The molecule has 2 aromatic heterocycles. The number of rotatable bonds is 6. The van der Waals surface area contributed by atoms with Crippen LogP contribution >= 0.6 is 23.1 Å². The molecule has 0 saturated heterocycles. The first-order chi connectivity index (χ1) is 12.4. The second-order valence-electron chi connectivity index (χ2n) is 5.08. The molecule has 0 radical (unpaired) electrons. The van der Waals surface area contributed by atoms with Crippen molar-refractivity contribution in [2.24, 2.45) is 0 Å². The molecule has 0 bridgehead atoms. The third kappa shape index (κ3) is 3.97. The maximum Gasteiger partial charge on any atom is 0.270 e. The van der Waals surface area contributed by atoms with Crippen LogP contribution in [0, 0.1) is 17.0 Å². The topological polar surface area (TPSA) is 142 Å². The van der Waals surface area contributed by atoms with E-state index in [2.05, 4.69) is 20.5 Å². The summed E-state index contributed by atoms with van der Waals surface area (Å²) >= 11 is 2.39. The number of aryl methyl sites for hydroxylation is 1. The lowest BCUT2D eigenvalue weighted by Gasteiger charge is -2.02. The highest BCUT2D eigenvalue weighted by molar-refractivity contribution is 7.99. The summed E-state index contributed by atoms with van der Waals surface area (Å²) in [6, 6.07) is 6.16. The first-order valence-corrected chi connectivity index (χ1v) is 9.10. The first kappa shape index (κ1) is 17.8. The number of nitrogens with two attached hydrogens (primary N) is 1. The lowest BCUT2D eigenvalue weighted by Crippen LogP contribution is -2.16. The van der Waals surface area contributed by atoms with Gasteiger partial charge in [-0.15, -0.1) is 21.5 Å². The zero-order valence-electron chi connectivity index (χ0n) is 13.4. The van der Waals surface area contributed by atoms with Gasteiger partial charge < -0.3 is 11.2 Å². The van der Waals surface area contributed by atoms with E-state index in [-0.39, 0.29) is 17.3 Å². The van der Waals surface area contributed by atoms with Crippen molar-refractivity contribution in [2.75, 3.05) is 16.9 Å². The van der Waals surface area contributed by atoms with Gasteiger partial charge in [-0.1, -0.05) is 23.9 Å². The van der Waals surface area contributed by atoms with Gasteiger partial charge in [-0.3, -0.25) is 14.9 Å². The number of benzene rings is 1. The number of non-ortho nitro benzene ring substituents is 1. The number of thioether (sulfide) groups is 1. The molecule has 10 nitrogen and oxygen atoms in total. The number of aromatic nitrogens is 4. The van der Waals surface area contributed by atoms with Crippen molar-refractivity contribution in [2.45, 2.75) is 12.1 Å². The molecular weight excluding hydrogens is 378 g/mol. The number of nitro groups is 1. The van der Waals surface area contributed by atoms with Crippen LogP contribution in [0.3, 0.4) is 0 Å². The zero-order valence-corrected chi connectivity index (χ0v) is 15.1. The molecule has 0 saturated carbocycles. The zero-order chi connectivity index (χ0) is 18.7. The van der Waals surface area contributed by atoms with Crippen molar-refractivity contribution in [1.82, 2.24) is 19.9 Å². The summed E-state index contributed by atoms with van der Waals surface area (Å²) in [5.41, 5.74) is 1.15. The highest BCUT2D eigenvalue weighted by Gasteiger charge is 2.13. The van der Waals surface area contributed by atoms with Crippen LogP contribution in [0.1, 0.15) is 5.82 Å². The minimum absolute atomic E-state index is 0.0151. The van der Waals surface area contributed by atoms with Gasteiger partial charge >= 0.3 is 0 Å². The highest BCUT2D eigenvalue weighted by atomic mass is 32.2. The molecule has 0 fully saturated rings. The molecule has 2 heterocycles. The Balaban J connectivity index is 1.63. The number of nitro benzene ring substituents is 1. The third-order valence-corrected chi connectivity index (χ3v) is 4.97. The molecule has 0 aliphatic carbocycles. The SMILES string of the molecule is Cc1nnc(SCC(=O)Nc2nc(-c3cccc([N+](=O)[O-])c3)cs2)n1N. The molecule has 0 aliphatic heterocycles. The normalized spacial score (nSPS) is 10.7. The van der Waals surface area contributed by atoms with Crippen molar-refractivity contribution in [3.05, 3.63) is 45.6 Å². The van der Waals surface area contributed by atoms with Crippen molar-refractivity contribution in [1.29, 1.82) is 0 Å². The number of amides is 1. The Bertz CT molecular complexity index is 969. The van der Waals surface area contributed by atoms with Gasteiger partial charge in [-0.25, -0.2) is 9.66 Å². The van der Waals surface area contributed by atoms with Gasteiger partial charge in [0.05, 0.1) is 16.4 Å². The van der Waals surface area contributed by atoms with Crippen LogP contribution in [0.2, 0.25) is 0 Å². The molecule has 3 aromatic rings. The van der Waals surface area contributed by atoms with E-state index >= 15 is 0 Å². The predicted octanol–water partition coefficient (Wildman–Crippen LogP) is 2.06. The smallest absolute Gasteiger partial charge is 0.270 e. The second kappa shape index (κ2) is 7.49. The number of hydrogen-bond donors (Lipinski definition) is 2. The standard InChI is InChI=1S/C14H13N7O3S2/c1-8-18-19-14(20(8)15)26-7-12(22)17-13-16-11(6-25-13)9-3-2-4-10(5-9)21(23)24/h2-6H,7,15H2,1H3,(H,16,17,22). The molecule has 1 aromatic carbocycles. The largest absolute Gasteiger partial charge is 0.336 e. The fourth-order valence-electron chi connectivity index (χ4n) is 1.98. The molecule has 3 N–H and O–H groups in total. The lowest BCUT2D eigenvalue weighted by atomic mass is 10.1. The number of anilines is 1. The van der Waals surface area contributed by atoms with E-state index in [0.29, 0.717) is 27.4 Å². The average molecular weight is 391 g/mol. The Kier molecular flexibility index (Phi) is 5.14. The van der Waals surface area contributed by atoms with Crippen LogP contribution in [-0.4, -0.2) is 36.4 Å². The quantitative estimate of drug-likeness (QED) is 0.281. The maximum absolute atomic E-state index is 12.0. The summed E-state index contributed by atoms with van der Waals surface area (Å²) < 4.78 is 1.31. The Morgan fingerprint density at radius 1 is 1.46 bits per heavy atom. The van der Waals surface area contributed by atoms with E-state index in [9.17, 15) is 14.9 Å². The molecule has 134 valence electrons. The molecule has 26 heavy (non-hydrogen) atoms. The fraction of sp³-hybridized carbons (Fsp3) is 0.143. The maximum atomic E-state index is 12.0.